The Hall–Kier alpha value is -2.11. The lowest BCUT2D eigenvalue weighted by Crippen LogP contribution is -2.82. The molecule has 1 aliphatic heterocycles. The number of ketones is 1. The first-order valence-corrected chi connectivity index (χ1v) is 19.3. The molecule has 1 aromatic rings. The van der Waals surface area contributed by atoms with Crippen molar-refractivity contribution in [1.29, 1.82) is 0 Å². The quantitative estimate of drug-likeness (QED) is 0.294. The maximum Gasteiger partial charge on any atom is 0.338 e. The predicted octanol–water partition coefficient (Wildman–Crippen LogP) is 5.08. The molecule has 3 aliphatic carbocycles. The minimum Gasteiger partial charge on any atom is -0.455 e. The zero-order valence-corrected chi connectivity index (χ0v) is 29.1. The Morgan fingerprint density at radius 1 is 1.07 bits per heavy atom. The van der Waals surface area contributed by atoms with Crippen molar-refractivity contribution in [3.8, 4) is 0 Å². The molecule has 2 bridgehead atoms. The molecule has 3 unspecified atom stereocenters. The minimum absolute atomic E-state index is 0.0266. The number of aliphatic hydroxyl groups is 2. The van der Waals surface area contributed by atoms with E-state index in [-0.39, 0.29) is 25.4 Å². The lowest BCUT2D eigenvalue weighted by atomic mass is 9.42. The molecule has 4 fully saturated rings. The molecule has 0 radical (unpaired) electrons. The average Bonchev–Trinajstić information content (AvgIpc) is 3.00. The van der Waals surface area contributed by atoms with Crippen molar-refractivity contribution in [3.63, 3.8) is 0 Å². The number of Topliss-reactive ketones (excluding diaryl/α,β-unsaturated/α-hetero) is 1. The van der Waals surface area contributed by atoms with E-state index in [1.165, 1.54) is 6.92 Å². The summed E-state index contributed by atoms with van der Waals surface area (Å²) >= 11 is 0. The number of esters is 2. The molecule has 0 amide bonds. The van der Waals surface area contributed by atoms with Gasteiger partial charge < -0.3 is 28.8 Å². The van der Waals surface area contributed by atoms with Gasteiger partial charge in [-0.2, -0.15) is 0 Å². The molecular weight excluding hydrogens is 592 g/mol. The largest absolute Gasteiger partial charge is 0.455 e. The third kappa shape index (κ3) is 4.96. The maximum absolute atomic E-state index is 15.1. The Balaban J connectivity index is 1.80. The monoisotopic (exact) mass is 644 g/mol. The molecule has 250 valence electrons. The van der Waals surface area contributed by atoms with Crippen LogP contribution in [0.3, 0.4) is 0 Å². The third-order valence-electron chi connectivity index (χ3n) is 12.7. The molecule has 9 nitrogen and oxygen atoms in total. The van der Waals surface area contributed by atoms with Crippen molar-refractivity contribution >= 4 is 26.0 Å². The van der Waals surface area contributed by atoms with Crippen LogP contribution in [0.4, 0.5) is 0 Å². The number of carbonyl (C=O) groups excluding carboxylic acids is 3. The van der Waals surface area contributed by atoms with Crippen LogP contribution in [-0.2, 0) is 28.2 Å². The van der Waals surface area contributed by atoms with Gasteiger partial charge in [-0.05, 0) is 55.9 Å². The van der Waals surface area contributed by atoms with Crippen LogP contribution in [0.5, 0.6) is 0 Å². The van der Waals surface area contributed by atoms with E-state index >= 15 is 4.79 Å². The first-order valence-electron chi connectivity index (χ1n) is 16.8. The van der Waals surface area contributed by atoms with Crippen molar-refractivity contribution < 1.29 is 43.2 Å². The van der Waals surface area contributed by atoms with Crippen LogP contribution in [-0.4, -0.2) is 78.5 Å². The SMILES string of the molecule is CC[Si](CC)(CC)O[C@H]1C[C@H]2OC[C@@]2(OC(C)=O)C2[C@H](OC(=O)c3ccccc3)[C@]3(O)CCC(C)C([C@@H](O)C(=O)[C@@]21C)C3(C)C. The van der Waals surface area contributed by atoms with Gasteiger partial charge >= 0.3 is 11.9 Å². The molecule has 1 saturated heterocycles. The van der Waals surface area contributed by atoms with E-state index in [2.05, 4.69) is 20.8 Å². The molecule has 0 aromatic heterocycles. The minimum atomic E-state index is -2.36. The highest BCUT2D eigenvalue weighted by Crippen LogP contribution is 2.65. The summed E-state index contributed by atoms with van der Waals surface area (Å²) in [5.74, 6) is -3.40. The summed E-state index contributed by atoms with van der Waals surface area (Å²) in [6.07, 6.45) is -3.01. The highest BCUT2D eigenvalue weighted by atomic mass is 28.4. The lowest BCUT2D eigenvalue weighted by molar-refractivity contribution is -0.351. The Bertz CT molecular complexity index is 1290. The fourth-order valence-electron chi connectivity index (χ4n) is 9.70. The number of ether oxygens (including phenoxy) is 3. The Kier molecular flexibility index (Phi) is 9.01. The summed E-state index contributed by atoms with van der Waals surface area (Å²) in [4.78, 5) is 41.9. The number of rotatable bonds is 8. The molecule has 10 heteroatoms. The zero-order chi connectivity index (χ0) is 33.2. The van der Waals surface area contributed by atoms with Gasteiger partial charge in [-0.3, -0.25) is 9.59 Å². The summed E-state index contributed by atoms with van der Waals surface area (Å²) in [7, 11) is -2.36. The molecule has 2 N–H and O–H groups in total. The maximum atomic E-state index is 15.1. The van der Waals surface area contributed by atoms with Gasteiger partial charge in [0, 0.05) is 24.7 Å². The summed E-state index contributed by atoms with van der Waals surface area (Å²) in [5, 5.41) is 25.2. The first-order chi connectivity index (χ1) is 21.1. The number of fused-ring (bicyclic) bond motifs is 5. The van der Waals surface area contributed by atoms with Gasteiger partial charge in [-0.1, -0.05) is 59.7 Å². The summed E-state index contributed by atoms with van der Waals surface area (Å²) in [5.41, 5.74) is -5.33. The van der Waals surface area contributed by atoms with Gasteiger partial charge in [0.2, 0.25) is 0 Å². The normalized spacial score (nSPS) is 40.6. The fraction of sp³-hybridized carbons (Fsp3) is 0.743. The lowest BCUT2D eigenvalue weighted by Gasteiger charge is -2.69. The summed E-state index contributed by atoms with van der Waals surface area (Å²) < 4.78 is 26.0. The van der Waals surface area contributed by atoms with E-state index in [9.17, 15) is 19.8 Å². The third-order valence-corrected chi connectivity index (χ3v) is 17.3. The molecule has 3 saturated carbocycles. The van der Waals surface area contributed by atoms with Crippen LogP contribution in [0, 0.1) is 28.6 Å². The van der Waals surface area contributed by atoms with E-state index in [1.807, 2.05) is 20.8 Å². The second-order valence-electron chi connectivity index (χ2n) is 14.9. The first kappa shape index (κ1) is 34.2. The average molecular weight is 645 g/mol. The molecule has 1 aromatic carbocycles. The number of hydrogen-bond donors (Lipinski definition) is 2. The van der Waals surface area contributed by atoms with E-state index in [0.29, 0.717) is 12.0 Å². The molecule has 1 heterocycles. The standard InChI is InChI=1S/C35H52O9Si/c1-9-45(10-2,11-3)44-24-19-25-34(20-41-25,43-22(5)36)28-30(42-31(39)23-15-13-12-14-16-23)35(40)18-17-21(4)26(32(35,6)7)27(37)29(38)33(24,28)8/h12-16,21,24-28,30,37,40H,9-11,17-20H2,1-8H3/t21?,24-,25+,26?,27+,28?,30-,33+,34-,35+/m0/s1. The van der Waals surface area contributed by atoms with Gasteiger partial charge in [0.15, 0.2) is 19.7 Å². The van der Waals surface area contributed by atoms with Gasteiger partial charge in [-0.15, -0.1) is 0 Å². The second kappa shape index (κ2) is 11.8. The molecule has 10 atom stereocenters. The Labute approximate surface area is 268 Å². The molecule has 5 rings (SSSR count). The highest BCUT2D eigenvalue weighted by Gasteiger charge is 2.78. The van der Waals surface area contributed by atoms with Crippen LogP contribution in [0.1, 0.15) is 85.0 Å². The number of carbonyl (C=O) groups is 3. The molecule has 4 aliphatic rings. The summed E-state index contributed by atoms with van der Waals surface area (Å²) in [6.45, 7) is 15.1. The van der Waals surface area contributed by atoms with Crippen LogP contribution in [0.2, 0.25) is 18.1 Å². The van der Waals surface area contributed by atoms with Gasteiger partial charge in [0.1, 0.15) is 23.9 Å². The van der Waals surface area contributed by atoms with Crippen molar-refractivity contribution in [2.45, 2.75) is 128 Å². The fourth-order valence-corrected chi connectivity index (χ4v) is 12.6. The van der Waals surface area contributed by atoms with Crippen molar-refractivity contribution in [3.05, 3.63) is 35.9 Å². The van der Waals surface area contributed by atoms with Crippen LogP contribution in [0.15, 0.2) is 30.3 Å². The van der Waals surface area contributed by atoms with Crippen LogP contribution >= 0.6 is 0 Å². The molecule has 45 heavy (non-hydrogen) atoms. The van der Waals surface area contributed by atoms with E-state index < -0.39 is 84.3 Å². The molecular formula is C35H52O9Si. The van der Waals surface area contributed by atoms with Crippen LogP contribution in [0.25, 0.3) is 0 Å². The van der Waals surface area contributed by atoms with Crippen molar-refractivity contribution in [2.75, 3.05) is 6.61 Å². The zero-order valence-electron chi connectivity index (χ0n) is 28.1. The second-order valence-corrected chi connectivity index (χ2v) is 19.6. The van der Waals surface area contributed by atoms with Crippen molar-refractivity contribution in [1.82, 2.24) is 0 Å². The van der Waals surface area contributed by atoms with Gasteiger partial charge in [0.25, 0.3) is 0 Å². The number of benzene rings is 1. The Morgan fingerprint density at radius 2 is 1.69 bits per heavy atom. The Morgan fingerprint density at radius 3 is 2.22 bits per heavy atom. The predicted molar refractivity (Wildman–Crippen MR) is 170 cm³/mol. The van der Waals surface area contributed by atoms with E-state index in [1.54, 1.807) is 37.3 Å². The number of hydrogen-bond acceptors (Lipinski definition) is 9. The highest BCUT2D eigenvalue weighted by molar-refractivity contribution is 6.73. The summed E-state index contributed by atoms with van der Waals surface area (Å²) in [6, 6.07) is 11.1. The van der Waals surface area contributed by atoms with Gasteiger partial charge in [0.05, 0.1) is 29.6 Å². The van der Waals surface area contributed by atoms with E-state index in [4.69, 9.17) is 18.6 Å². The smallest absolute Gasteiger partial charge is 0.338 e. The van der Waals surface area contributed by atoms with Gasteiger partial charge in [-0.25, -0.2) is 4.79 Å². The number of aliphatic hydroxyl groups excluding tert-OH is 1. The van der Waals surface area contributed by atoms with Crippen molar-refractivity contribution in [2.24, 2.45) is 28.6 Å². The topological polar surface area (TPSA) is 129 Å². The van der Waals surface area contributed by atoms with E-state index in [0.717, 1.165) is 18.1 Å². The van der Waals surface area contributed by atoms with Crippen LogP contribution < -0.4 is 0 Å². The molecule has 0 spiro atoms.